The van der Waals surface area contributed by atoms with E-state index in [1.165, 1.54) is 23.7 Å². The molecule has 8 heteroatoms. The molecule has 6 nitrogen and oxygen atoms in total. The standard InChI is InChI=1S/C21H23FN4O2S/c1-27-18-11-17(12-19(13-18)28-2)26-9-7-25(8-10-26)14-20-21(29-24-23-20)15-3-5-16(22)6-4-15/h3-6,11-13H,7-10,14H2,1-2H3. The molecule has 4 rings (SSSR count). The van der Waals surface area contributed by atoms with Crippen molar-refractivity contribution in [2.75, 3.05) is 45.3 Å². The number of anilines is 1. The first-order valence-corrected chi connectivity index (χ1v) is 10.2. The van der Waals surface area contributed by atoms with Crippen LogP contribution in [0.1, 0.15) is 5.69 Å². The van der Waals surface area contributed by atoms with E-state index in [1.54, 1.807) is 26.4 Å². The fourth-order valence-corrected chi connectivity index (χ4v) is 4.16. The quantitative estimate of drug-likeness (QED) is 0.613. The molecule has 0 atom stereocenters. The number of piperazine rings is 1. The Kier molecular flexibility index (Phi) is 5.92. The molecule has 0 radical (unpaired) electrons. The Labute approximate surface area is 173 Å². The second-order valence-corrected chi connectivity index (χ2v) is 7.64. The van der Waals surface area contributed by atoms with Crippen molar-refractivity contribution in [3.8, 4) is 21.9 Å². The van der Waals surface area contributed by atoms with Crippen LogP contribution in [-0.2, 0) is 6.54 Å². The molecule has 29 heavy (non-hydrogen) atoms. The molecule has 1 aromatic heterocycles. The van der Waals surface area contributed by atoms with Gasteiger partial charge in [0.1, 0.15) is 17.3 Å². The zero-order valence-electron chi connectivity index (χ0n) is 16.5. The van der Waals surface area contributed by atoms with E-state index in [-0.39, 0.29) is 5.82 Å². The fourth-order valence-electron chi connectivity index (χ4n) is 3.48. The highest BCUT2D eigenvalue weighted by molar-refractivity contribution is 7.09. The van der Waals surface area contributed by atoms with Crippen LogP contribution in [-0.4, -0.2) is 54.9 Å². The number of nitrogens with zero attached hydrogens (tertiary/aromatic N) is 4. The summed E-state index contributed by atoms with van der Waals surface area (Å²) in [5.74, 6) is 1.34. The molecule has 1 saturated heterocycles. The molecule has 1 aliphatic heterocycles. The van der Waals surface area contributed by atoms with Crippen molar-refractivity contribution in [2.45, 2.75) is 6.54 Å². The van der Waals surface area contributed by atoms with Gasteiger partial charge in [-0.2, -0.15) is 0 Å². The van der Waals surface area contributed by atoms with Crippen LogP contribution >= 0.6 is 11.5 Å². The van der Waals surface area contributed by atoms with E-state index in [2.05, 4.69) is 19.4 Å². The summed E-state index contributed by atoms with van der Waals surface area (Å²) in [5, 5.41) is 4.32. The maximum atomic E-state index is 13.2. The van der Waals surface area contributed by atoms with E-state index in [4.69, 9.17) is 9.47 Å². The molecule has 0 bridgehead atoms. The molecule has 2 heterocycles. The van der Waals surface area contributed by atoms with Crippen molar-refractivity contribution >= 4 is 17.2 Å². The number of hydrogen-bond acceptors (Lipinski definition) is 7. The Morgan fingerprint density at radius 1 is 0.966 bits per heavy atom. The minimum Gasteiger partial charge on any atom is -0.497 e. The molecule has 152 valence electrons. The van der Waals surface area contributed by atoms with Crippen LogP contribution < -0.4 is 14.4 Å². The summed E-state index contributed by atoms with van der Waals surface area (Å²) in [6.07, 6.45) is 0. The summed E-state index contributed by atoms with van der Waals surface area (Å²) >= 11 is 1.35. The fraction of sp³-hybridized carbons (Fsp3) is 0.333. The first-order chi connectivity index (χ1) is 14.2. The number of ether oxygens (including phenoxy) is 2. The lowest BCUT2D eigenvalue weighted by Gasteiger charge is -2.36. The van der Waals surface area contributed by atoms with Gasteiger partial charge in [-0.25, -0.2) is 4.39 Å². The minimum absolute atomic E-state index is 0.238. The summed E-state index contributed by atoms with van der Waals surface area (Å²) in [5.41, 5.74) is 3.00. The van der Waals surface area contributed by atoms with E-state index in [0.717, 1.165) is 66.0 Å². The Morgan fingerprint density at radius 2 is 1.62 bits per heavy atom. The van der Waals surface area contributed by atoms with Gasteiger partial charge in [0.15, 0.2) is 0 Å². The molecule has 0 unspecified atom stereocenters. The van der Waals surface area contributed by atoms with Gasteiger partial charge in [-0.15, -0.1) is 5.10 Å². The molecule has 1 aliphatic rings. The van der Waals surface area contributed by atoms with Crippen LogP contribution in [0.2, 0.25) is 0 Å². The van der Waals surface area contributed by atoms with E-state index < -0.39 is 0 Å². The molecule has 0 amide bonds. The third kappa shape index (κ3) is 4.49. The maximum absolute atomic E-state index is 13.2. The number of halogens is 1. The molecule has 2 aromatic carbocycles. The van der Waals surface area contributed by atoms with Crippen LogP contribution in [0.15, 0.2) is 42.5 Å². The van der Waals surface area contributed by atoms with Gasteiger partial charge in [0.25, 0.3) is 0 Å². The topological polar surface area (TPSA) is 50.7 Å². The van der Waals surface area contributed by atoms with Crippen LogP contribution in [0.25, 0.3) is 10.4 Å². The third-order valence-corrected chi connectivity index (χ3v) is 5.93. The predicted octanol–water partition coefficient (Wildman–Crippen LogP) is 3.68. The van der Waals surface area contributed by atoms with Crippen molar-refractivity contribution in [1.29, 1.82) is 0 Å². The highest BCUT2D eigenvalue weighted by Crippen LogP contribution is 2.30. The molecule has 1 fully saturated rings. The minimum atomic E-state index is -0.238. The SMILES string of the molecule is COc1cc(OC)cc(N2CCN(Cc3nnsc3-c3ccc(F)cc3)CC2)c1. The Hall–Kier alpha value is -2.71. The molecule has 0 N–H and O–H groups in total. The van der Waals surface area contributed by atoms with Gasteiger partial charge >= 0.3 is 0 Å². The molecular formula is C21H23FN4O2S. The van der Waals surface area contributed by atoms with Crippen LogP contribution in [0.3, 0.4) is 0 Å². The lowest BCUT2D eigenvalue weighted by molar-refractivity contribution is 0.247. The van der Waals surface area contributed by atoms with E-state index in [9.17, 15) is 4.39 Å². The monoisotopic (exact) mass is 414 g/mol. The first kappa shape index (κ1) is 19.6. The summed E-state index contributed by atoms with van der Waals surface area (Å²) in [4.78, 5) is 5.71. The second kappa shape index (κ2) is 8.75. The maximum Gasteiger partial charge on any atom is 0.124 e. The highest BCUT2D eigenvalue weighted by Gasteiger charge is 2.21. The molecule has 0 spiro atoms. The predicted molar refractivity (Wildman–Crippen MR) is 112 cm³/mol. The number of aromatic nitrogens is 2. The summed E-state index contributed by atoms with van der Waals surface area (Å²) < 4.78 is 28.1. The summed E-state index contributed by atoms with van der Waals surface area (Å²) in [6.45, 7) is 4.37. The van der Waals surface area contributed by atoms with Crippen molar-refractivity contribution in [2.24, 2.45) is 0 Å². The smallest absolute Gasteiger partial charge is 0.124 e. The van der Waals surface area contributed by atoms with Crippen LogP contribution in [0.5, 0.6) is 11.5 Å². The molecular weight excluding hydrogens is 391 g/mol. The zero-order chi connectivity index (χ0) is 20.2. The van der Waals surface area contributed by atoms with Crippen molar-refractivity contribution in [3.63, 3.8) is 0 Å². The second-order valence-electron chi connectivity index (χ2n) is 6.89. The van der Waals surface area contributed by atoms with Gasteiger partial charge < -0.3 is 14.4 Å². The van der Waals surface area contributed by atoms with Gasteiger partial charge in [0.05, 0.1) is 24.8 Å². The van der Waals surface area contributed by atoms with E-state index >= 15 is 0 Å². The Morgan fingerprint density at radius 3 is 2.24 bits per heavy atom. The Balaban J connectivity index is 1.41. The first-order valence-electron chi connectivity index (χ1n) is 9.44. The number of rotatable bonds is 6. The number of hydrogen-bond donors (Lipinski definition) is 0. The molecule has 0 aliphatic carbocycles. The average Bonchev–Trinajstić information content (AvgIpc) is 3.22. The van der Waals surface area contributed by atoms with Crippen LogP contribution in [0.4, 0.5) is 10.1 Å². The normalized spacial score (nSPS) is 14.8. The highest BCUT2D eigenvalue weighted by atomic mass is 32.1. The summed E-state index contributed by atoms with van der Waals surface area (Å²) in [7, 11) is 3.33. The van der Waals surface area contributed by atoms with Gasteiger partial charge in [-0.1, -0.05) is 16.6 Å². The summed E-state index contributed by atoms with van der Waals surface area (Å²) in [6, 6.07) is 12.5. The van der Waals surface area contributed by atoms with Crippen molar-refractivity contribution in [1.82, 2.24) is 14.5 Å². The van der Waals surface area contributed by atoms with E-state index in [1.807, 2.05) is 18.2 Å². The van der Waals surface area contributed by atoms with Gasteiger partial charge in [-0.05, 0) is 29.2 Å². The average molecular weight is 415 g/mol. The van der Waals surface area contributed by atoms with Crippen molar-refractivity contribution < 1.29 is 13.9 Å². The number of benzene rings is 2. The lowest BCUT2D eigenvalue weighted by atomic mass is 10.1. The lowest BCUT2D eigenvalue weighted by Crippen LogP contribution is -2.46. The number of methoxy groups -OCH3 is 2. The van der Waals surface area contributed by atoms with Gasteiger partial charge in [-0.3, -0.25) is 4.90 Å². The zero-order valence-corrected chi connectivity index (χ0v) is 17.3. The van der Waals surface area contributed by atoms with Gasteiger partial charge in [0, 0.05) is 56.6 Å². The van der Waals surface area contributed by atoms with Gasteiger partial charge in [0.2, 0.25) is 0 Å². The largest absolute Gasteiger partial charge is 0.497 e. The Bertz CT molecular complexity index is 933. The molecule has 3 aromatic rings. The third-order valence-electron chi connectivity index (χ3n) is 5.11. The van der Waals surface area contributed by atoms with Crippen molar-refractivity contribution in [3.05, 3.63) is 54.0 Å². The molecule has 0 saturated carbocycles. The van der Waals surface area contributed by atoms with Crippen LogP contribution in [0, 0.1) is 5.82 Å². The van der Waals surface area contributed by atoms with E-state index in [0.29, 0.717) is 0 Å².